The zero-order valence-corrected chi connectivity index (χ0v) is 11.7. The van der Waals surface area contributed by atoms with Crippen molar-refractivity contribution in [2.24, 2.45) is 17.4 Å². The lowest BCUT2D eigenvalue weighted by molar-refractivity contribution is -0.123. The van der Waals surface area contributed by atoms with Crippen LogP contribution in [0.15, 0.2) is 24.3 Å². The lowest BCUT2D eigenvalue weighted by Crippen LogP contribution is -2.48. The Morgan fingerprint density at radius 2 is 1.90 bits per heavy atom. The topological polar surface area (TPSA) is 89.4 Å². The predicted molar refractivity (Wildman–Crippen MR) is 76.8 cm³/mol. The number of nitrogens with two attached hydrogens (primary N) is 2. The molecule has 1 saturated heterocycles. The number of hydrogen-bond donors (Lipinski definition) is 2. The Morgan fingerprint density at radius 3 is 2.45 bits per heavy atom. The summed E-state index contributed by atoms with van der Waals surface area (Å²) in [6.07, 6.45) is 1.56. The second kappa shape index (κ2) is 6.05. The molecular weight excluding hydrogens is 254 g/mol. The SMILES string of the molecule is C[C@H]1CC[C@@H](C(N)=O)CN1C(=O)c1ccc(CN)cc1. The van der Waals surface area contributed by atoms with Crippen LogP contribution in [-0.2, 0) is 11.3 Å². The minimum atomic E-state index is -0.326. The summed E-state index contributed by atoms with van der Waals surface area (Å²) >= 11 is 0. The molecule has 0 radical (unpaired) electrons. The molecule has 0 aromatic heterocycles. The molecule has 1 heterocycles. The highest BCUT2D eigenvalue weighted by atomic mass is 16.2. The number of carbonyl (C=O) groups excluding carboxylic acids is 2. The molecule has 2 atom stereocenters. The summed E-state index contributed by atoms with van der Waals surface area (Å²) in [5, 5.41) is 0. The van der Waals surface area contributed by atoms with Crippen LogP contribution in [0, 0.1) is 5.92 Å². The van der Waals surface area contributed by atoms with Crippen LogP contribution in [0.4, 0.5) is 0 Å². The molecule has 4 N–H and O–H groups in total. The van der Waals surface area contributed by atoms with Crippen LogP contribution in [0.2, 0.25) is 0 Å². The first kappa shape index (κ1) is 14.5. The summed E-state index contributed by atoms with van der Waals surface area (Å²) in [6.45, 7) is 2.87. The van der Waals surface area contributed by atoms with Crippen LogP contribution in [0.5, 0.6) is 0 Å². The van der Waals surface area contributed by atoms with Crippen LogP contribution in [0.3, 0.4) is 0 Å². The fourth-order valence-corrected chi connectivity index (χ4v) is 2.57. The van der Waals surface area contributed by atoms with Gasteiger partial charge in [0.2, 0.25) is 5.91 Å². The van der Waals surface area contributed by atoms with Gasteiger partial charge in [0.25, 0.3) is 5.91 Å². The Balaban J connectivity index is 2.15. The Bertz CT molecular complexity index is 498. The standard InChI is InChI=1S/C15H21N3O2/c1-10-2-5-13(14(17)19)9-18(10)15(20)12-6-3-11(8-16)4-7-12/h3-4,6-7,10,13H,2,5,8-9,16H2,1H3,(H2,17,19)/t10-,13+/m0/s1. The number of nitrogens with zero attached hydrogens (tertiary/aromatic N) is 1. The second-order valence-electron chi connectivity index (χ2n) is 5.38. The average molecular weight is 275 g/mol. The Kier molecular flexibility index (Phi) is 4.39. The molecule has 2 amide bonds. The fraction of sp³-hybridized carbons (Fsp3) is 0.467. The first-order valence-corrected chi connectivity index (χ1v) is 6.92. The number of hydrogen-bond acceptors (Lipinski definition) is 3. The molecule has 20 heavy (non-hydrogen) atoms. The van der Waals surface area contributed by atoms with Gasteiger partial charge in [0.1, 0.15) is 0 Å². The molecule has 1 aromatic carbocycles. The molecule has 1 aliphatic heterocycles. The quantitative estimate of drug-likeness (QED) is 0.857. The number of carbonyl (C=O) groups is 2. The molecule has 5 heteroatoms. The summed E-state index contributed by atoms with van der Waals surface area (Å²) in [6, 6.07) is 7.41. The maximum Gasteiger partial charge on any atom is 0.254 e. The molecule has 108 valence electrons. The van der Waals surface area contributed by atoms with Gasteiger partial charge in [-0.25, -0.2) is 0 Å². The predicted octanol–water partition coefficient (Wildman–Crippen LogP) is 0.871. The second-order valence-corrected chi connectivity index (χ2v) is 5.38. The van der Waals surface area contributed by atoms with Gasteiger partial charge in [0.05, 0.1) is 5.92 Å². The van der Waals surface area contributed by atoms with E-state index in [0.717, 1.165) is 18.4 Å². The molecule has 0 aliphatic carbocycles. The molecule has 0 spiro atoms. The first-order chi connectivity index (χ1) is 9.52. The molecule has 5 nitrogen and oxygen atoms in total. The Hall–Kier alpha value is -1.88. The summed E-state index contributed by atoms with van der Waals surface area (Å²) < 4.78 is 0. The largest absolute Gasteiger partial charge is 0.369 e. The summed E-state index contributed by atoms with van der Waals surface area (Å²) in [7, 11) is 0. The summed E-state index contributed by atoms with van der Waals surface area (Å²) in [4.78, 5) is 25.6. The van der Waals surface area contributed by atoms with Crippen LogP contribution < -0.4 is 11.5 Å². The molecule has 1 aliphatic rings. The highest BCUT2D eigenvalue weighted by molar-refractivity contribution is 5.95. The van der Waals surface area contributed by atoms with Crippen molar-refractivity contribution in [2.75, 3.05) is 6.54 Å². The van der Waals surface area contributed by atoms with Gasteiger partial charge in [-0.15, -0.1) is 0 Å². The number of primary amides is 1. The van der Waals surface area contributed by atoms with Gasteiger partial charge in [-0.1, -0.05) is 12.1 Å². The molecule has 1 aromatic rings. The summed E-state index contributed by atoms with van der Waals surface area (Å²) in [5.41, 5.74) is 12.5. The van der Waals surface area contributed by atoms with Gasteiger partial charge in [0.15, 0.2) is 0 Å². The maximum atomic E-state index is 12.5. The number of rotatable bonds is 3. The van der Waals surface area contributed by atoms with Crippen molar-refractivity contribution < 1.29 is 9.59 Å². The van der Waals surface area contributed by atoms with Gasteiger partial charge < -0.3 is 16.4 Å². The normalized spacial score (nSPS) is 22.6. The van der Waals surface area contributed by atoms with Crippen molar-refractivity contribution in [3.8, 4) is 0 Å². The molecule has 0 saturated carbocycles. The van der Waals surface area contributed by atoms with E-state index in [-0.39, 0.29) is 23.8 Å². The van der Waals surface area contributed by atoms with Crippen LogP contribution >= 0.6 is 0 Å². The Labute approximate surface area is 118 Å². The smallest absolute Gasteiger partial charge is 0.254 e. The average Bonchev–Trinajstić information content (AvgIpc) is 2.47. The van der Waals surface area contributed by atoms with E-state index in [1.54, 1.807) is 17.0 Å². The highest BCUT2D eigenvalue weighted by Crippen LogP contribution is 2.23. The van der Waals surface area contributed by atoms with Gasteiger partial charge in [-0.3, -0.25) is 9.59 Å². The fourth-order valence-electron chi connectivity index (χ4n) is 2.57. The van der Waals surface area contributed by atoms with Crippen molar-refractivity contribution >= 4 is 11.8 Å². The zero-order valence-electron chi connectivity index (χ0n) is 11.7. The molecule has 0 unspecified atom stereocenters. The van der Waals surface area contributed by atoms with E-state index in [0.29, 0.717) is 18.7 Å². The lowest BCUT2D eigenvalue weighted by atomic mass is 9.92. The van der Waals surface area contributed by atoms with Crippen molar-refractivity contribution in [2.45, 2.75) is 32.4 Å². The molecular formula is C15H21N3O2. The molecule has 2 rings (SSSR count). The third-order valence-corrected chi connectivity index (χ3v) is 3.98. The first-order valence-electron chi connectivity index (χ1n) is 6.92. The van der Waals surface area contributed by atoms with Crippen LogP contribution in [0.25, 0.3) is 0 Å². The highest BCUT2D eigenvalue weighted by Gasteiger charge is 2.31. The van der Waals surface area contributed by atoms with Gasteiger partial charge in [-0.05, 0) is 37.5 Å². The zero-order chi connectivity index (χ0) is 14.7. The monoisotopic (exact) mass is 275 g/mol. The third kappa shape index (κ3) is 2.99. The maximum absolute atomic E-state index is 12.5. The lowest BCUT2D eigenvalue weighted by Gasteiger charge is -2.37. The summed E-state index contributed by atoms with van der Waals surface area (Å²) in [5.74, 6) is -0.612. The van der Waals surface area contributed by atoms with Gasteiger partial charge in [0, 0.05) is 24.7 Å². The number of benzene rings is 1. The number of amides is 2. The minimum Gasteiger partial charge on any atom is -0.369 e. The van der Waals surface area contributed by atoms with Gasteiger partial charge >= 0.3 is 0 Å². The van der Waals surface area contributed by atoms with E-state index in [1.807, 2.05) is 19.1 Å². The van der Waals surface area contributed by atoms with Crippen molar-refractivity contribution in [3.05, 3.63) is 35.4 Å². The Morgan fingerprint density at radius 1 is 1.25 bits per heavy atom. The van der Waals surface area contributed by atoms with E-state index >= 15 is 0 Å². The number of piperidine rings is 1. The van der Waals surface area contributed by atoms with E-state index in [2.05, 4.69) is 0 Å². The van der Waals surface area contributed by atoms with Crippen molar-refractivity contribution in [1.29, 1.82) is 0 Å². The van der Waals surface area contributed by atoms with Crippen molar-refractivity contribution in [3.63, 3.8) is 0 Å². The molecule has 1 fully saturated rings. The molecule has 0 bridgehead atoms. The van der Waals surface area contributed by atoms with E-state index < -0.39 is 0 Å². The number of likely N-dealkylation sites (tertiary alicyclic amines) is 1. The van der Waals surface area contributed by atoms with Crippen LogP contribution in [-0.4, -0.2) is 29.3 Å². The van der Waals surface area contributed by atoms with E-state index in [1.165, 1.54) is 0 Å². The van der Waals surface area contributed by atoms with E-state index in [4.69, 9.17) is 11.5 Å². The third-order valence-electron chi connectivity index (χ3n) is 3.98. The van der Waals surface area contributed by atoms with Crippen LogP contribution in [0.1, 0.15) is 35.7 Å². The van der Waals surface area contributed by atoms with E-state index in [9.17, 15) is 9.59 Å². The van der Waals surface area contributed by atoms with Crippen molar-refractivity contribution in [1.82, 2.24) is 4.90 Å². The minimum absolute atomic E-state index is 0.0491. The van der Waals surface area contributed by atoms with Gasteiger partial charge in [-0.2, -0.15) is 0 Å².